The van der Waals surface area contributed by atoms with Crippen molar-refractivity contribution in [2.75, 3.05) is 0 Å². The third-order valence-electron chi connectivity index (χ3n) is 5.01. The second-order valence-corrected chi connectivity index (χ2v) is 9.70. The van der Waals surface area contributed by atoms with Crippen LogP contribution < -0.4 is 4.87 Å². The Bertz CT molecular complexity index is 1220. The normalized spacial score (nSPS) is 22.2. The zero-order valence-corrected chi connectivity index (χ0v) is 17.8. The molecule has 0 amide bonds. The summed E-state index contributed by atoms with van der Waals surface area (Å²) in [6.45, 7) is 0. The van der Waals surface area contributed by atoms with Gasteiger partial charge in [-0.1, -0.05) is 57.2 Å². The smallest absolute Gasteiger partial charge is 0.338 e. The summed E-state index contributed by atoms with van der Waals surface area (Å²) >= 11 is 5.56. The number of halogens is 1. The van der Waals surface area contributed by atoms with E-state index in [0.29, 0.717) is 21.8 Å². The molecular weight excluding hydrogens is 478 g/mol. The lowest BCUT2D eigenvalue weighted by Gasteiger charge is -2.39. The third-order valence-corrected chi connectivity index (χ3v) is 8.01. The van der Waals surface area contributed by atoms with Crippen molar-refractivity contribution in [3.05, 3.63) is 78.7 Å². The maximum absolute atomic E-state index is 12.9. The number of thioether (sulfide) groups is 1. The van der Waals surface area contributed by atoms with Gasteiger partial charge in [0.25, 0.3) is 0 Å². The Morgan fingerprint density at radius 3 is 2.62 bits per heavy atom. The van der Waals surface area contributed by atoms with Gasteiger partial charge in [0.1, 0.15) is 11.4 Å². The number of carbonyl (C=O) groups excluding carboxylic acids is 1. The number of carboxylic acid groups (broad SMARTS) is 1. The Morgan fingerprint density at radius 2 is 1.90 bits per heavy atom. The van der Waals surface area contributed by atoms with Gasteiger partial charge in [0, 0.05) is 4.47 Å². The number of benzene rings is 2. The number of hydrogen-bond donors (Lipinski definition) is 1. The highest BCUT2D eigenvalue weighted by Gasteiger charge is 2.50. The van der Waals surface area contributed by atoms with Crippen molar-refractivity contribution < 1.29 is 19.4 Å². The van der Waals surface area contributed by atoms with Crippen molar-refractivity contribution >= 4 is 51.0 Å². The number of carbonyl (C=O) groups is 2. The summed E-state index contributed by atoms with van der Waals surface area (Å²) in [6.07, 6.45) is -0.887. The molecule has 0 radical (unpaired) electrons. The third kappa shape index (κ3) is 2.87. The summed E-state index contributed by atoms with van der Waals surface area (Å²) < 4.78 is 7.90. The zero-order valence-electron chi connectivity index (χ0n) is 14.6. The molecule has 1 aromatic heterocycles. The van der Waals surface area contributed by atoms with Gasteiger partial charge < -0.3 is 9.84 Å². The van der Waals surface area contributed by atoms with Crippen molar-refractivity contribution in [3.63, 3.8) is 0 Å². The molecule has 5 rings (SSSR count). The number of aliphatic carboxylic acids is 1. The highest BCUT2D eigenvalue weighted by Crippen LogP contribution is 2.51. The molecule has 2 aromatic carbocycles. The van der Waals surface area contributed by atoms with Crippen LogP contribution in [0.1, 0.15) is 26.7 Å². The molecule has 0 aliphatic carbocycles. The van der Waals surface area contributed by atoms with Crippen molar-refractivity contribution in [1.29, 1.82) is 0 Å². The zero-order chi connectivity index (χ0) is 20.3. The largest absolute Gasteiger partial charge is 0.480 e. The van der Waals surface area contributed by atoms with Crippen LogP contribution >= 0.6 is 39.0 Å². The van der Waals surface area contributed by atoms with E-state index in [1.807, 2.05) is 36.4 Å². The second kappa shape index (κ2) is 6.86. The second-order valence-electron chi connectivity index (χ2n) is 6.66. The van der Waals surface area contributed by atoms with Gasteiger partial charge in [-0.2, -0.15) is 0 Å². The Morgan fingerprint density at radius 1 is 1.14 bits per heavy atom. The summed E-state index contributed by atoms with van der Waals surface area (Å²) in [5, 5.41) is 9.42. The molecule has 9 heteroatoms. The number of para-hydroxylation sites is 1. The first-order chi connectivity index (χ1) is 14.0. The first-order valence-electron chi connectivity index (χ1n) is 8.67. The van der Waals surface area contributed by atoms with Gasteiger partial charge in [-0.05, 0) is 35.9 Å². The molecule has 2 aliphatic heterocycles. The van der Waals surface area contributed by atoms with E-state index < -0.39 is 29.2 Å². The molecule has 1 N–H and O–H groups in total. The minimum Gasteiger partial charge on any atom is -0.480 e. The van der Waals surface area contributed by atoms with Crippen LogP contribution in [-0.4, -0.2) is 33.0 Å². The van der Waals surface area contributed by atoms with Crippen LogP contribution in [0.5, 0.6) is 0 Å². The maximum Gasteiger partial charge on any atom is 0.338 e. The fourth-order valence-corrected chi connectivity index (χ4v) is 6.77. The highest BCUT2D eigenvalue weighted by molar-refractivity contribution is 9.10. The van der Waals surface area contributed by atoms with E-state index >= 15 is 0 Å². The van der Waals surface area contributed by atoms with Crippen LogP contribution in [0.25, 0.3) is 5.69 Å². The van der Waals surface area contributed by atoms with Crippen molar-refractivity contribution in [2.24, 2.45) is 0 Å². The Hall–Kier alpha value is -2.36. The van der Waals surface area contributed by atoms with E-state index in [0.717, 1.165) is 32.4 Å². The van der Waals surface area contributed by atoms with E-state index in [9.17, 15) is 19.5 Å². The Kier molecular flexibility index (Phi) is 4.41. The molecule has 3 heterocycles. The standard InChI is InChI=1S/C20H12BrNO5S2/c21-9-6-7-11-12(8-9)13-14(27-19(11)25)16(18(23)24)28-17-15(13)29-20(26)22(17)10-4-2-1-3-5-10/h1-8,13-14,16H,(H,23,24)/t13-,14-,16-/m0/s1. The van der Waals surface area contributed by atoms with Crippen molar-refractivity contribution in [1.82, 2.24) is 4.57 Å². The number of fused-ring (bicyclic) bond motifs is 5. The minimum absolute atomic E-state index is 0.202. The number of nitrogens with zero attached hydrogens (tertiary/aromatic N) is 1. The van der Waals surface area contributed by atoms with Crippen LogP contribution in [0.15, 0.2) is 62.8 Å². The molecule has 29 heavy (non-hydrogen) atoms. The topological polar surface area (TPSA) is 85.6 Å². The minimum atomic E-state index is -1.08. The molecule has 0 unspecified atom stereocenters. The predicted molar refractivity (Wildman–Crippen MR) is 112 cm³/mol. The summed E-state index contributed by atoms with van der Waals surface area (Å²) in [5.41, 5.74) is 1.74. The quantitative estimate of drug-likeness (QED) is 0.549. The van der Waals surface area contributed by atoms with E-state index in [1.165, 1.54) is 0 Å². The van der Waals surface area contributed by atoms with E-state index in [-0.39, 0.29) is 4.87 Å². The molecule has 3 aromatic rings. The molecule has 146 valence electrons. The molecule has 0 fully saturated rings. The number of hydrogen-bond acceptors (Lipinski definition) is 6. The van der Waals surface area contributed by atoms with Gasteiger partial charge in [0.2, 0.25) is 0 Å². The number of ether oxygens (including phenoxy) is 1. The van der Waals surface area contributed by atoms with E-state index in [1.54, 1.807) is 16.7 Å². The fraction of sp³-hybridized carbons (Fsp3) is 0.150. The molecule has 6 nitrogen and oxygen atoms in total. The number of rotatable bonds is 2. The summed E-state index contributed by atoms with van der Waals surface area (Å²) in [5.74, 6) is -2.14. The molecular formula is C20H12BrNO5S2. The van der Waals surface area contributed by atoms with Crippen LogP contribution in [0.3, 0.4) is 0 Å². The molecule has 0 bridgehead atoms. The number of esters is 1. The average Bonchev–Trinajstić information content (AvgIpc) is 3.03. The predicted octanol–water partition coefficient (Wildman–Crippen LogP) is 3.89. The number of carboxylic acids is 1. The lowest BCUT2D eigenvalue weighted by atomic mass is 9.84. The van der Waals surface area contributed by atoms with E-state index in [2.05, 4.69) is 15.9 Å². The van der Waals surface area contributed by atoms with Gasteiger partial charge in [-0.15, -0.1) is 0 Å². The number of thiazole rings is 1. The lowest BCUT2D eigenvalue weighted by molar-refractivity contribution is -0.138. The summed E-state index contributed by atoms with van der Waals surface area (Å²) in [4.78, 5) is 38.0. The van der Waals surface area contributed by atoms with Crippen LogP contribution in [0.4, 0.5) is 0 Å². The lowest BCUT2D eigenvalue weighted by Crippen LogP contribution is -2.45. The van der Waals surface area contributed by atoms with Crippen LogP contribution in [0.2, 0.25) is 0 Å². The van der Waals surface area contributed by atoms with Crippen molar-refractivity contribution in [3.8, 4) is 5.69 Å². The SMILES string of the molecule is O=C1O[C@H]2[C@H](c3cc(Br)ccc31)c1sc(=O)n(-c3ccccc3)c1S[C@@H]2C(=O)O. The summed E-state index contributed by atoms with van der Waals surface area (Å²) in [6, 6.07) is 14.3. The monoisotopic (exact) mass is 489 g/mol. The number of aromatic nitrogens is 1. The highest BCUT2D eigenvalue weighted by atomic mass is 79.9. The van der Waals surface area contributed by atoms with Crippen LogP contribution in [-0.2, 0) is 9.53 Å². The van der Waals surface area contributed by atoms with Crippen LogP contribution in [0, 0.1) is 0 Å². The van der Waals surface area contributed by atoms with E-state index in [4.69, 9.17) is 4.74 Å². The Balaban J connectivity index is 1.79. The van der Waals surface area contributed by atoms with Gasteiger partial charge in [-0.3, -0.25) is 14.2 Å². The molecule has 3 atom stereocenters. The van der Waals surface area contributed by atoms with Crippen molar-refractivity contribution in [2.45, 2.75) is 22.3 Å². The fourth-order valence-electron chi connectivity index (χ4n) is 3.80. The molecule has 0 saturated heterocycles. The maximum atomic E-state index is 12.9. The Labute approximate surface area is 181 Å². The van der Waals surface area contributed by atoms with Gasteiger partial charge in [-0.25, -0.2) is 4.79 Å². The van der Waals surface area contributed by atoms with Gasteiger partial charge in [0.05, 0.1) is 27.1 Å². The molecule has 2 aliphatic rings. The summed E-state index contributed by atoms with van der Waals surface area (Å²) in [7, 11) is 0. The first-order valence-corrected chi connectivity index (χ1v) is 11.2. The molecule has 0 spiro atoms. The van der Waals surface area contributed by atoms with Gasteiger partial charge in [0.15, 0.2) is 0 Å². The average molecular weight is 490 g/mol. The van der Waals surface area contributed by atoms with Gasteiger partial charge >= 0.3 is 16.8 Å². The first kappa shape index (κ1) is 18.7. The molecule has 0 saturated carbocycles.